The van der Waals surface area contributed by atoms with Crippen molar-refractivity contribution in [3.8, 4) is 0 Å². The van der Waals surface area contributed by atoms with Gasteiger partial charge in [0, 0.05) is 48.5 Å². The summed E-state index contributed by atoms with van der Waals surface area (Å²) in [7, 11) is 0. The van der Waals surface area contributed by atoms with Gasteiger partial charge in [-0.1, -0.05) is 0 Å². The topological polar surface area (TPSA) is 261 Å². The highest BCUT2D eigenvalue weighted by Crippen LogP contribution is 1.44. The molecule has 0 fully saturated rings. The zero-order valence-electron chi connectivity index (χ0n) is 16.9. The number of aliphatic carboxylic acids is 7. The molecule has 0 spiro atoms. The van der Waals surface area contributed by atoms with Crippen molar-refractivity contribution in [1.29, 1.82) is 0 Å². The van der Waals surface area contributed by atoms with Crippen molar-refractivity contribution in [3.63, 3.8) is 0 Å². The molecule has 0 radical (unpaired) electrons. The van der Waals surface area contributed by atoms with Gasteiger partial charge in [0.1, 0.15) is 0 Å². The highest BCUT2D eigenvalue weighted by atomic mass is 79.9. The van der Waals surface area contributed by atoms with Gasteiger partial charge in [0.15, 0.2) is 0 Å². The van der Waals surface area contributed by atoms with Crippen LogP contribution < -0.4 is 0 Å². The molecule has 0 aromatic carbocycles. The van der Waals surface area contributed by atoms with E-state index in [0.717, 1.165) is 48.5 Å². The highest BCUT2D eigenvalue weighted by molar-refractivity contribution is 8.93. The molecule has 0 saturated heterocycles. The minimum Gasteiger partial charge on any atom is -0.481 e. The van der Waals surface area contributed by atoms with E-state index in [-0.39, 0.29) is 17.0 Å². The molecule has 0 aromatic heterocycles. The molecule has 0 aliphatic heterocycles. The molecule has 14 nitrogen and oxygen atoms in total. The molecule has 0 atom stereocenters. The van der Waals surface area contributed by atoms with Crippen LogP contribution in [0.15, 0.2) is 0 Å². The summed E-state index contributed by atoms with van der Waals surface area (Å²) in [5, 5.41) is 51.9. The van der Waals surface area contributed by atoms with Crippen LogP contribution in [0.25, 0.3) is 0 Å². The van der Waals surface area contributed by atoms with E-state index in [4.69, 9.17) is 69.3 Å². The molecule has 0 aliphatic rings. The summed E-state index contributed by atoms with van der Waals surface area (Å²) in [6.07, 6.45) is 0. The number of hydrogen-bond donors (Lipinski definition) is 7. The Morgan fingerprint density at radius 3 is 0.310 bits per heavy atom. The van der Waals surface area contributed by atoms with Gasteiger partial charge < -0.3 is 35.7 Å². The molecule has 15 heteroatoms. The maximum absolute atomic E-state index is 9.00. The zero-order valence-corrected chi connectivity index (χ0v) is 18.6. The Kier molecular flexibility index (Phi) is 76.5. The lowest BCUT2D eigenvalue weighted by Crippen LogP contribution is -1.78. The predicted molar refractivity (Wildman–Crippen MR) is 103 cm³/mol. The van der Waals surface area contributed by atoms with E-state index in [1.165, 1.54) is 0 Å². The van der Waals surface area contributed by atoms with E-state index in [1.807, 2.05) is 0 Å². The van der Waals surface area contributed by atoms with Gasteiger partial charge in [0.25, 0.3) is 41.8 Å². The van der Waals surface area contributed by atoms with Crippen LogP contribution in [0.3, 0.4) is 0 Å². The predicted octanol–water partition coefficient (Wildman–Crippen LogP) is 1.21. The molecule has 7 N–H and O–H groups in total. The Bertz CT molecular complexity index is 313. The average molecular weight is 501 g/mol. The molecule has 176 valence electrons. The lowest BCUT2D eigenvalue weighted by atomic mass is 10.9. The Hall–Kier alpha value is -3.23. The van der Waals surface area contributed by atoms with E-state index < -0.39 is 41.8 Å². The molecule has 0 amide bonds. The summed E-state index contributed by atoms with van der Waals surface area (Å²) in [4.78, 5) is 63.0. The van der Waals surface area contributed by atoms with Gasteiger partial charge in [-0.05, 0) is 0 Å². The van der Waals surface area contributed by atoms with Crippen LogP contribution in [-0.2, 0) is 33.6 Å². The summed E-state index contributed by atoms with van der Waals surface area (Å²) in [5.74, 6) is -5.83. The number of carboxylic acids is 7. The molecule has 0 unspecified atom stereocenters. The minimum absolute atomic E-state index is 0. The summed E-state index contributed by atoms with van der Waals surface area (Å²) in [6, 6.07) is 0. The van der Waals surface area contributed by atoms with Crippen molar-refractivity contribution in [3.05, 3.63) is 0 Å². The summed E-state index contributed by atoms with van der Waals surface area (Å²) >= 11 is 0. The lowest BCUT2D eigenvalue weighted by Gasteiger charge is -1.59. The zero-order chi connectivity index (χ0) is 25.0. The van der Waals surface area contributed by atoms with E-state index in [0.29, 0.717) is 0 Å². The van der Waals surface area contributed by atoms with Crippen molar-refractivity contribution in [2.24, 2.45) is 0 Å². The number of halogens is 1. The third-order valence-corrected chi connectivity index (χ3v) is 0. The first-order valence-electron chi connectivity index (χ1n) is 6.49. The first-order chi connectivity index (χ1) is 12.1. The van der Waals surface area contributed by atoms with Crippen LogP contribution >= 0.6 is 17.0 Å². The second kappa shape index (κ2) is 44.3. The van der Waals surface area contributed by atoms with Gasteiger partial charge in [-0.25, -0.2) is 0 Å². The fraction of sp³-hybridized carbons (Fsp3) is 0.500. The second-order valence-corrected chi connectivity index (χ2v) is 3.63. The van der Waals surface area contributed by atoms with Crippen LogP contribution in [0.4, 0.5) is 0 Å². The van der Waals surface area contributed by atoms with Crippen LogP contribution in [0.1, 0.15) is 48.5 Å². The van der Waals surface area contributed by atoms with Gasteiger partial charge >= 0.3 is 0 Å². The van der Waals surface area contributed by atoms with E-state index >= 15 is 0 Å². The lowest BCUT2D eigenvalue weighted by molar-refractivity contribution is -0.135. The monoisotopic (exact) mass is 500 g/mol. The van der Waals surface area contributed by atoms with Crippen LogP contribution in [-0.4, -0.2) is 77.5 Å². The minimum atomic E-state index is -0.833. The molecular formula is C14H29BrO14. The number of rotatable bonds is 0. The van der Waals surface area contributed by atoms with Gasteiger partial charge in [-0.3, -0.25) is 33.6 Å². The Morgan fingerprint density at radius 1 is 0.310 bits per heavy atom. The second-order valence-electron chi connectivity index (χ2n) is 3.63. The van der Waals surface area contributed by atoms with E-state index in [2.05, 4.69) is 0 Å². The quantitative estimate of drug-likeness (QED) is 0.246. The Balaban J connectivity index is -0.0000000294. The fourth-order valence-electron chi connectivity index (χ4n) is 0. The maximum atomic E-state index is 9.00. The van der Waals surface area contributed by atoms with Gasteiger partial charge in [-0.15, -0.1) is 17.0 Å². The van der Waals surface area contributed by atoms with Gasteiger partial charge in [0.2, 0.25) is 0 Å². The Morgan fingerprint density at radius 2 is 0.310 bits per heavy atom. The molecule has 0 aromatic rings. The van der Waals surface area contributed by atoms with Crippen molar-refractivity contribution in [1.82, 2.24) is 0 Å². The van der Waals surface area contributed by atoms with E-state index in [9.17, 15) is 0 Å². The maximum Gasteiger partial charge on any atom is 0.300 e. The smallest absolute Gasteiger partial charge is 0.300 e. The fourth-order valence-corrected chi connectivity index (χ4v) is 0. The van der Waals surface area contributed by atoms with Gasteiger partial charge in [0.05, 0.1) is 0 Å². The normalized spacial score (nSPS) is 6.03. The first kappa shape index (κ1) is 50.1. The molecule has 0 rings (SSSR count). The van der Waals surface area contributed by atoms with Crippen molar-refractivity contribution in [2.45, 2.75) is 48.5 Å². The number of hydrogen-bond acceptors (Lipinski definition) is 7. The van der Waals surface area contributed by atoms with Crippen molar-refractivity contribution in [2.75, 3.05) is 0 Å². The first-order valence-corrected chi connectivity index (χ1v) is 6.49. The molecule has 0 bridgehead atoms. The number of carbonyl (C=O) groups is 7. The van der Waals surface area contributed by atoms with Crippen molar-refractivity contribution < 1.29 is 69.3 Å². The van der Waals surface area contributed by atoms with Crippen LogP contribution in [0.2, 0.25) is 0 Å². The summed E-state index contributed by atoms with van der Waals surface area (Å²) in [5.41, 5.74) is 0. The van der Waals surface area contributed by atoms with E-state index in [1.54, 1.807) is 0 Å². The number of carboxylic acid groups (broad SMARTS) is 7. The summed E-state index contributed by atoms with van der Waals surface area (Å²) in [6.45, 7) is 7.58. The molecule has 29 heavy (non-hydrogen) atoms. The highest BCUT2D eigenvalue weighted by Gasteiger charge is 1.67. The van der Waals surface area contributed by atoms with Crippen molar-refractivity contribution >= 4 is 58.8 Å². The summed E-state index contributed by atoms with van der Waals surface area (Å²) < 4.78 is 0. The van der Waals surface area contributed by atoms with Crippen LogP contribution in [0, 0.1) is 0 Å². The van der Waals surface area contributed by atoms with Gasteiger partial charge in [-0.2, -0.15) is 0 Å². The third kappa shape index (κ3) is 1230. The molecule has 0 saturated carbocycles. The molecule has 0 aliphatic carbocycles. The SMILES string of the molecule is Br.CC(=O)O.CC(=O)O.CC(=O)O.CC(=O)O.CC(=O)O.CC(=O)O.CC(=O)O. The Labute approximate surface area is 177 Å². The largest absolute Gasteiger partial charge is 0.481 e. The third-order valence-electron chi connectivity index (χ3n) is 0. The van der Waals surface area contributed by atoms with Crippen LogP contribution in [0.5, 0.6) is 0 Å². The molecular weight excluding hydrogens is 472 g/mol. The molecule has 0 heterocycles. The average Bonchev–Trinajstić information content (AvgIpc) is 2.20. The standard InChI is InChI=1S/7C2H4O2.BrH/c7*1-2(3)4;/h7*1H3,(H,3,4);1H.